The summed E-state index contributed by atoms with van der Waals surface area (Å²) >= 11 is 0. The van der Waals surface area contributed by atoms with Gasteiger partial charge in [-0.2, -0.15) is 0 Å². The fraction of sp³-hybridized carbons (Fsp3) is 0.500. The van der Waals surface area contributed by atoms with Crippen molar-refractivity contribution >= 4 is 11.9 Å². The first-order valence-corrected chi connectivity index (χ1v) is 5.63. The molecule has 0 saturated heterocycles. The van der Waals surface area contributed by atoms with Crippen LogP contribution in [-0.4, -0.2) is 24.0 Å². The van der Waals surface area contributed by atoms with E-state index in [0.717, 1.165) is 12.8 Å². The normalized spacial score (nSPS) is 16.4. The molecule has 1 fully saturated rings. The summed E-state index contributed by atoms with van der Waals surface area (Å²) in [6.45, 7) is 3.29. The zero-order chi connectivity index (χ0) is 12.4. The average molecular weight is 237 g/mol. The third kappa shape index (κ3) is 2.87. The summed E-state index contributed by atoms with van der Waals surface area (Å²) in [6.07, 6.45) is 2.63. The Morgan fingerprint density at radius 1 is 1.53 bits per heavy atom. The van der Waals surface area contributed by atoms with Crippen LogP contribution in [0, 0.1) is 6.92 Å². The lowest BCUT2D eigenvalue weighted by atomic mass is 10.3. The Bertz CT molecular complexity index is 433. The fourth-order valence-electron chi connectivity index (χ4n) is 1.40. The number of hydrogen-bond donors (Lipinski definition) is 1. The van der Waals surface area contributed by atoms with Crippen LogP contribution in [0.2, 0.25) is 0 Å². The number of aryl methyl sites for hydroxylation is 1. The number of carbonyl (C=O) groups is 2. The second-order valence-electron chi connectivity index (χ2n) is 4.26. The molecule has 1 aliphatic rings. The van der Waals surface area contributed by atoms with Gasteiger partial charge in [-0.1, -0.05) is 0 Å². The number of rotatable bonds is 4. The van der Waals surface area contributed by atoms with E-state index >= 15 is 0 Å². The Balaban J connectivity index is 1.89. The Morgan fingerprint density at radius 3 is 2.76 bits per heavy atom. The standard InChI is InChI=1S/C12H15NO4/c1-7-5-6-16-10(7)12(15)17-8(2)11(14)13-9-3-4-9/h5-6,8-9H,3-4H2,1-2H3,(H,13,14). The Morgan fingerprint density at radius 2 is 2.24 bits per heavy atom. The topological polar surface area (TPSA) is 68.5 Å². The minimum atomic E-state index is -0.799. The Labute approximate surface area is 99.1 Å². The van der Waals surface area contributed by atoms with E-state index in [9.17, 15) is 9.59 Å². The van der Waals surface area contributed by atoms with Gasteiger partial charge in [0.2, 0.25) is 5.76 Å². The van der Waals surface area contributed by atoms with E-state index in [1.807, 2.05) is 0 Å². The molecule has 1 aromatic heterocycles. The number of furan rings is 1. The van der Waals surface area contributed by atoms with Gasteiger partial charge in [-0.05, 0) is 32.8 Å². The molecule has 1 heterocycles. The highest BCUT2D eigenvalue weighted by molar-refractivity contribution is 5.91. The summed E-state index contributed by atoms with van der Waals surface area (Å²) in [6, 6.07) is 1.93. The van der Waals surface area contributed by atoms with Crippen LogP contribution in [-0.2, 0) is 9.53 Å². The predicted octanol–water partition coefficient (Wildman–Crippen LogP) is 1.41. The molecule has 92 valence electrons. The first kappa shape index (κ1) is 11.7. The summed E-state index contributed by atoms with van der Waals surface area (Å²) in [5.41, 5.74) is 0.699. The average Bonchev–Trinajstić information content (AvgIpc) is 2.98. The van der Waals surface area contributed by atoms with Crippen LogP contribution in [0.5, 0.6) is 0 Å². The van der Waals surface area contributed by atoms with Crippen molar-refractivity contribution in [2.24, 2.45) is 0 Å². The third-order valence-corrected chi connectivity index (χ3v) is 2.62. The lowest BCUT2D eigenvalue weighted by Crippen LogP contribution is -2.37. The van der Waals surface area contributed by atoms with Gasteiger partial charge in [0, 0.05) is 11.6 Å². The number of ether oxygens (including phenoxy) is 1. The van der Waals surface area contributed by atoms with Gasteiger partial charge in [-0.15, -0.1) is 0 Å². The molecule has 0 spiro atoms. The van der Waals surface area contributed by atoms with Gasteiger partial charge >= 0.3 is 5.97 Å². The summed E-state index contributed by atoms with van der Waals surface area (Å²) in [5, 5.41) is 2.77. The summed E-state index contributed by atoms with van der Waals surface area (Å²) in [4.78, 5) is 23.2. The predicted molar refractivity (Wildman–Crippen MR) is 59.5 cm³/mol. The van der Waals surface area contributed by atoms with Crippen LogP contribution in [0.3, 0.4) is 0 Å². The number of hydrogen-bond acceptors (Lipinski definition) is 4. The summed E-state index contributed by atoms with van der Waals surface area (Å²) < 4.78 is 10.0. The van der Waals surface area contributed by atoms with Crippen LogP contribution >= 0.6 is 0 Å². The summed E-state index contributed by atoms with van der Waals surface area (Å²) in [7, 11) is 0. The van der Waals surface area contributed by atoms with Crippen molar-refractivity contribution in [2.75, 3.05) is 0 Å². The van der Waals surface area contributed by atoms with E-state index in [2.05, 4.69) is 5.32 Å². The fourth-order valence-corrected chi connectivity index (χ4v) is 1.40. The third-order valence-electron chi connectivity index (χ3n) is 2.62. The molecule has 1 atom stereocenters. The van der Waals surface area contributed by atoms with Crippen LogP contribution < -0.4 is 5.32 Å². The molecule has 1 unspecified atom stereocenters. The molecule has 1 amide bonds. The lowest BCUT2D eigenvalue weighted by molar-refractivity contribution is -0.129. The van der Waals surface area contributed by atoms with Crippen molar-refractivity contribution < 1.29 is 18.7 Å². The molecule has 17 heavy (non-hydrogen) atoms. The molecule has 0 bridgehead atoms. The SMILES string of the molecule is Cc1ccoc1C(=O)OC(C)C(=O)NC1CC1. The molecule has 1 aromatic rings. The van der Waals surface area contributed by atoms with Gasteiger partial charge in [0.1, 0.15) is 0 Å². The number of esters is 1. The van der Waals surface area contributed by atoms with Gasteiger partial charge in [-0.25, -0.2) is 4.79 Å². The molecule has 5 nitrogen and oxygen atoms in total. The molecule has 0 aromatic carbocycles. The van der Waals surface area contributed by atoms with E-state index in [-0.39, 0.29) is 17.7 Å². The second-order valence-corrected chi connectivity index (χ2v) is 4.26. The van der Waals surface area contributed by atoms with E-state index in [1.165, 1.54) is 6.26 Å². The van der Waals surface area contributed by atoms with Gasteiger partial charge in [0.05, 0.1) is 6.26 Å². The van der Waals surface area contributed by atoms with Gasteiger partial charge in [0.25, 0.3) is 5.91 Å². The maximum Gasteiger partial charge on any atom is 0.375 e. The van der Waals surface area contributed by atoms with Crippen molar-refractivity contribution in [3.63, 3.8) is 0 Å². The maximum atomic E-state index is 11.6. The highest BCUT2D eigenvalue weighted by atomic mass is 16.6. The highest BCUT2D eigenvalue weighted by Crippen LogP contribution is 2.19. The van der Waals surface area contributed by atoms with E-state index < -0.39 is 12.1 Å². The van der Waals surface area contributed by atoms with Gasteiger partial charge in [-0.3, -0.25) is 4.79 Å². The minimum absolute atomic E-state index is 0.149. The zero-order valence-corrected chi connectivity index (χ0v) is 9.86. The quantitative estimate of drug-likeness (QED) is 0.804. The minimum Gasteiger partial charge on any atom is -0.457 e. The molecule has 0 radical (unpaired) electrons. The second kappa shape index (κ2) is 4.61. The van der Waals surface area contributed by atoms with Crippen LogP contribution in [0.25, 0.3) is 0 Å². The molecular formula is C12H15NO4. The smallest absolute Gasteiger partial charge is 0.375 e. The lowest BCUT2D eigenvalue weighted by Gasteiger charge is -2.12. The highest BCUT2D eigenvalue weighted by Gasteiger charge is 2.28. The van der Waals surface area contributed by atoms with Crippen molar-refractivity contribution in [3.8, 4) is 0 Å². The van der Waals surface area contributed by atoms with E-state index in [1.54, 1.807) is 19.9 Å². The molecule has 0 aliphatic heterocycles. The molecular weight excluding hydrogens is 222 g/mol. The van der Waals surface area contributed by atoms with Crippen LogP contribution in [0.4, 0.5) is 0 Å². The Kier molecular flexibility index (Phi) is 3.17. The molecule has 1 saturated carbocycles. The van der Waals surface area contributed by atoms with Crippen LogP contribution in [0.1, 0.15) is 35.9 Å². The number of carbonyl (C=O) groups excluding carboxylic acids is 2. The first-order valence-electron chi connectivity index (χ1n) is 5.63. The molecule has 1 N–H and O–H groups in total. The first-order chi connectivity index (χ1) is 8.08. The van der Waals surface area contributed by atoms with Crippen molar-refractivity contribution in [2.45, 2.75) is 38.8 Å². The molecule has 1 aliphatic carbocycles. The van der Waals surface area contributed by atoms with Crippen molar-refractivity contribution in [1.82, 2.24) is 5.32 Å². The number of amides is 1. The van der Waals surface area contributed by atoms with Crippen LogP contribution in [0.15, 0.2) is 16.7 Å². The van der Waals surface area contributed by atoms with E-state index in [0.29, 0.717) is 5.56 Å². The Hall–Kier alpha value is -1.78. The van der Waals surface area contributed by atoms with E-state index in [4.69, 9.17) is 9.15 Å². The van der Waals surface area contributed by atoms with Gasteiger partial charge in [0.15, 0.2) is 6.10 Å². The van der Waals surface area contributed by atoms with Crippen molar-refractivity contribution in [1.29, 1.82) is 0 Å². The number of nitrogens with one attached hydrogen (secondary N) is 1. The summed E-state index contributed by atoms with van der Waals surface area (Å²) in [5.74, 6) is -0.716. The van der Waals surface area contributed by atoms with Gasteiger partial charge < -0.3 is 14.5 Å². The van der Waals surface area contributed by atoms with Crippen molar-refractivity contribution in [3.05, 3.63) is 23.7 Å². The monoisotopic (exact) mass is 237 g/mol. The zero-order valence-electron chi connectivity index (χ0n) is 9.86. The largest absolute Gasteiger partial charge is 0.457 e. The molecule has 5 heteroatoms. The maximum absolute atomic E-state index is 11.6. The molecule has 2 rings (SSSR count).